The van der Waals surface area contributed by atoms with Crippen LogP contribution in [0.5, 0.6) is 0 Å². The van der Waals surface area contributed by atoms with E-state index in [2.05, 4.69) is 10.4 Å². The number of hydrogen-bond donors (Lipinski definition) is 1. The van der Waals surface area contributed by atoms with Crippen LogP contribution >= 0.6 is 0 Å². The summed E-state index contributed by atoms with van der Waals surface area (Å²) < 4.78 is 21.4. The van der Waals surface area contributed by atoms with Gasteiger partial charge in [0.25, 0.3) is 5.91 Å². The molecule has 0 aliphatic carbocycles. The standard InChI is InChI=1S/C17H19FN4O3/c1-3-22-9-11(8-19-22)20-17(24)16-15(21(2)14(23)10-25-16)12-6-4-5-7-13(12)18/h4-9,15-16H,3,10H2,1-2H3,(H,20,24). The summed E-state index contributed by atoms with van der Waals surface area (Å²) in [6, 6.07) is 5.21. The minimum absolute atomic E-state index is 0.228. The highest BCUT2D eigenvalue weighted by Gasteiger charge is 2.41. The van der Waals surface area contributed by atoms with Crippen LogP contribution in [-0.4, -0.2) is 46.3 Å². The van der Waals surface area contributed by atoms with Crippen molar-refractivity contribution in [2.75, 3.05) is 19.0 Å². The van der Waals surface area contributed by atoms with E-state index < -0.39 is 23.9 Å². The Labute approximate surface area is 144 Å². The van der Waals surface area contributed by atoms with Crippen molar-refractivity contribution in [1.29, 1.82) is 0 Å². The van der Waals surface area contributed by atoms with Gasteiger partial charge in [-0.25, -0.2) is 4.39 Å². The largest absolute Gasteiger partial charge is 0.356 e. The summed E-state index contributed by atoms with van der Waals surface area (Å²) in [6.07, 6.45) is 2.19. The molecule has 8 heteroatoms. The molecule has 2 heterocycles. The van der Waals surface area contributed by atoms with Gasteiger partial charge in [0, 0.05) is 25.4 Å². The molecule has 132 valence electrons. The van der Waals surface area contributed by atoms with Gasteiger partial charge in [-0.2, -0.15) is 5.10 Å². The van der Waals surface area contributed by atoms with Gasteiger partial charge >= 0.3 is 0 Å². The van der Waals surface area contributed by atoms with Gasteiger partial charge in [0.05, 0.1) is 17.9 Å². The van der Waals surface area contributed by atoms with Crippen molar-refractivity contribution < 1.29 is 18.7 Å². The Balaban J connectivity index is 1.87. The van der Waals surface area contributed by atoms with Crippen molar-refractivity contribution in [3.63, 3.8) is 0 Å². The molecule has 1 aliphatic rings. The number of amides is 2. The van der Waals surface area contributed by atoms with Gasteiger partial charge in [-0.05, 0) is 13.0 Å². The average Bonchev–Trinajstić information content (AvgIpc) is 3.05. The third kappa shape index (κ3) is 3.39. The molecule has 7 nitrogen and oxygen atoms in total. The Morgan fingerprint density at radius 1 is 1.44 bits per heavy atom. The Kier molecular flexibility index (Phi) is 4.80. The molecule has 3 rings (SSSR count). The zero-order valence-electron chi connectivity index (χ0n) is 14.0. The second-order valence-electron chi connectivity index (χ2n) is 5.78. The van der Waals surface area contributed by atoms with Crippen LogP contribution in [0.15, 0.2) is 36.7 Å². The summed E-state index contributed by atoms with van der Waals surface area (Å²) in [4.78, 5) is 26.0. The van der Waals surface area contributed by atoms with Crippen molar-refractivity contribution in [2.24, 2.45) is 0 Å². The number of ether oxygens (including phenoxy) is 1. The lowest BCUT2D eigenvalue weighted by Crippen LogP contribution is -2.51. The van der Waals surface area contributed by atoms with Crippen molar-refractivity contribution in [2.45, 2.75) is 25.6 Å². The summed E-state index contributed by atoms with van der Waals surface area (Å²) in [5.74, 6) is -1.26. The molecule has 1 fully saturated rings. The Morgan fingerprint density at radius 3 is 2.88 bits per heavy atom. The van der Waals surface area contributed by atoms with Crippen LogP contribution in [0.3, 0.4) is 0 Å². The number of likely N-dealkylation sites (N-methyl/N-ethyl adjacent to an activating group) is 1. The second-order valence-corrected chi connectivity index (χ2v) is 5.78. The van der Waals surface area contributed by atoms with E-state index in [9.17, 15) is 14.0 Å². The first kappa shape index (κ1) is 17.1. The molecular weight excluding hydrogens is 327 g/mol. The quantitative estimate of drug-likeness (QED) is 0.912. The molecule has 0 bridgehead atoms. The number of rotatable bonds is 4. The zero-order valence-corrected chi connectivity index (χ0v) is 14.0. The lowest BCUT2D eigenvalue weighted by Gasteiger charge is -2.38. The van der Waals surface area contributed by atoms with Gasteiger partial charge in [-0.3, -0.25) is 14.3 Å². The summed E-state index contributed by atoms with van der Waals surface area (Å²) in [6.45, 7) is 2.37. The topological polar surface area (TPSA) is 76.5 Å². The lowest BCUT2D eigenvalue weighted by atomic mass is 9.97. The summed E-state index contributed by atoms with van der Waals surface area (Å²) in [5, 5.41) is 6.80. The molecule has 1 aromatic carbocycles. The Hall–Kier alpha value is -2.74. The van der Waals surface area contributed by atoms with Gasteiger partial charge in [0.1, 0.15) is 12.4 Å². The third-order valence-electron chi connectivity index (χ3n) is 4.19. The number of morpholine rings is 1. The van der Waals surface area contributed by atoms with E-state index >= 15 is 0 Å². The number of hydrogen-bond acceptors (Lipinski definition) is 4. The maximum absolute atomic E-state index is 14.2. The number of carbonyl (C=O) groups is 2. The number of halogens is 1. The number of benzene rings is 1. The minimum Gasteiger partial charge on any atom is -0.356 e. The van der Waals surface area contributed by atoms with Crippen LogP contribution in [0.4, 0.5) is 10.1 Å². The molecule has 2 unspecified atom stereocenters. The molecular formula is C17H19FN4O3. The molecule has 2 atom stereocenters. The summed E-state index contributed by atoms with van der Waals surface area (Å²) in [7, 11) is 1.54. The fraction of sp³-hybridized carbons (Fsp3) is 0.353. The van der Waals surface area contributed by atoms with E-state index in [1.165, 1.54) is 24.2 Å². The first-order chi connectivity index (χ1) is 12.0. The second kappa shape index (κ2) is 7.02. The number of nitrogens with zero attached hydrogens (tertiary/aromatic N) is 3. The predicted octanol–water partition coefficient (Wildman–Crippen LogP) is 1.58. The lowest BCUT2D eigenvalue weighted by molar-refractivity contribution is -0.160. The molecule has 0 saturated carbocycles. The van der Waals surface area contributed by atoms with E-state index in [4.69, 9.17) is 4.74 Å². The Morgan fingerprint density at radius 2 is 2.20 bits per heavy atom. The van der Waals surface area contributed by atoms with Gasteiger partial charge in [-0.1, -0.05) is 18.2 Å². The number of aromatic nitrogens is 2. The minimum atomic E-state index is -1.02. The van der Waals surface area contributed by atoms with E-state index in [0.29, 0.717) is 12.2 Å². The monoisotopic (exact) mass is 346 g/mol. The number of anilines is 1. The number of nitrogens with one attached hydrogen (secondary N) is 1. The van der Waals surface area contributed by atoms with Crippen LogP contribution in [0.25, 0.3) is 0 Å². The van der Waals surface area contributed by atoms with Crippen LogP contribution in [0, 0.1) is 5.82 Å². The normalized spacial score (nSPS) is 20.6. The van der Waals surface area contributed by atoms with E-state index in [-0.39, 0.29) is 18.1 Å². The van der Waals surface area contributed by atoms with Gasteiger partial charge in [-0.15, -0.1) is 0 Å². The smallest absolute Gasteiger partial charge is 0.256 e. The van der Waals surface area contributed by atoms with Gasteiger partial charge in [0.2, 0.25) is 5.91 Å². The predicted molar refractivity (Wildman–Crippen MR) is 88.2 cm³/mol. The molecule has 1 saturated heterocycles. The van der Waals surface area contributed by atoms with Crippen molar-refractivity contribution in [1.82, 2.24) is 14.7 Å². The third-order valence-corrected chi connectivity index (χ3v) is 4.19. The molecule has 1 aliphatic heterocycles. The number of aryl methyl sites for hydroxylation is 1. The maximum atomic E-state index is 14.2. The zero-order chi connectivity index (χ0) is 18.0. The maximum Gasteiger partial charge on any atom is 0.256 e. The average molecular weight is 346 g/mol. The Bertz CT molecular complexity index is 792. The van der Waals surface area contributed by atoms with Crippen LogP contribution in [-0.2, 0) is 20.9 Å². The SMILES string of the molecule is CCn1cc(NC(=O)C2OCC(=O)N(C)C2c2ccccc2F)cn1. The van der Waals surface area contributed by atoms with Crippen LogP contribution < -0.4 is 5.32 Å². The van der Waals surface area contributed by atoms with Gasteiger partial charge < -0.3 is 15.0 Å². The highest BCUT2D eigenvalue weighted by atomic mass is 19.1. The molecule has 25 heavy (non-hydrogen) atoms. The number of carbonyl (C=O) groups excluding carboxylic acids is 2. The summed E-state index contributed by atoms with van der Waals surface area (Å²) in [5.41, 5.74) is 0.754. The summed E-state index contributed by atoms with van der Waals surface area (Å²) >= 11 is 0. The first-order valence-corrected chi connectivity index (χ1v) is 7.96. The van der Waals surface area contributed by atoms with Crippen LogP contribution in [0.1, 0.15) is 18.5 Å². The van der Waals surface area contributed by atoms with E-state index in [0.717, 1.165) is 0 Å². The van der Waals surface area contributed by atoms with Gasteiger partial charge in [0.15, 0.2) is 6.10 Å². The van der Waals surface area contributed by atoms with Crippen molar-refractivity contribution in [3.8, 4) is 0 Å². The molecule has 1 N–H and O–H groups in total. The van der Waals surface area contributed by atoms with Crippen molar-refractivity contribution >= 4 is 17.5 Å². The first-order valence-electron chi connectivity index (χ1n) is 7.96. The van der Waals surface area contributed by atoms with E-state index in [1.807, 2.05) is 6.92 Å². The molecule has 2 amide bonds. The molecule has 0 radical (unpaired) electrons. The van der Waals surface area contributed by atoms with Crippen molar-refractivity contribution in [3.05, 3.63) is 48.0 Å². The molecule has 0 spiro atoms. The molecule has 1 aromatic heterocycles. The fourth-order valence-electron chi connectivity index (χ4n) is 2.83. The molecule has 2 aromatic rings. The fourth-order valence-corrected chi connectivity index (χ4v) is 2.83. The highest BCUT2D eigenvalue weighted by Crippen LogP contribution is 2.31. The van der Waals surface area contributed by atoms with E-state index in [1.54, 1.807) is 29.1 Å². The highest BCUT2D eigenvalue weighted by molar-refractivity contribution is 5.96. The van der Waals surface area contributed by atoms with Crippen LogP contribution in [0.2, 0.25) is 0 Å².